The largest absolute Gasteiger partial charge is 0.464 e. The quantitative estimate of drug-likeness (QED) is 0.608. The second kappa shape index (κ2) is 3.87. The van der Waals surface area contributed by atoms with Crippen molar-refractivity contribution in [3.63, 3.8) is 0 Å². The molecule has 1 heterocycles. The van der Waals surface area contributed by atoms with E-state index < -0.39 is 5.97 Å². The number of hydrogen-bond acceptors (Lipinski definition) is 4. The molecule has 0 unspecified atom stereocenters. The fourth-order valence-electron chi connectivity index (χ4n) is 0.929. The van der Waals surface area contributed by atoms with Gasteiger partial charge in [0.1, 0.15) is 0 Å². The number of hydrogen-bond donors (Lipinski definition) is 2. The average molecular weight is 169 g/mol. The van der Waals surface area contributed by atoms with Gasteiger partial charge in [0, 0.05) is 6.42 Å². The lowest BCUT2D eigenvalue weighted by Crippen LogP contribution is -2.09. The van der Waals surface area contributed by atoms with Gasteiger partial charge in [-0.25, -0.2) is 9.78 Å². The fraction of sp³-hybridized carbons (Fsp3) is 0.429. The first-order valence-corrected chi connectivity index (χ1v) is 3.60. The third-order valence-corrected chi connectivity index (χ3v) is 1.49. The lowest BCUT2D eigenvalue weighted by atomic mass is 10.2. The molecule has 0 aromatic carbocycles. The van der Waals surface area contributed by atoms with E-state index in [1.54, 1.807) is 0 Å². The molecule has 0 bridgehead atoms. The van der Waals surface area contributed by atoms with Crippen LogP contribution in [0, 0.1) is 0 Å². The Labute approximate surface area is 69.9 Å². The molecule has 3 N–H and O–H groups in total. The summed E-state index contributed by atoms with van der Waals surface area (Å²) in [6, 6.07) is 0. The van der Waals surface area contributed by atoms with E-state index >= 15 is 0 Å². The van der Waals surface area contributed by atoms with E-state index in [1.165, 1.54) is 13.4 Å². The van der Waals surface area contributed by atoms with E-state index in [-0.39, 0.29) is 0 Å². The predicted molar refractivity (Wildman–Crippen MR) is 42.7 cm³/mol. The molecule has 1 rings (SSSR count). The molecule has 0 atom stereocenters. The van der Waals surface area contributed by atoms with Crippen LogP contribution < -0.4 is 5.73 Å². The van der Waals surface area contributed by atoms with Gasteiger partial charge in [0.25, 0.3) is 0 Å². The van der Waals surface area contributed by atoms with Crippen LogP contribution in [0.4, 0.5) is 0 Å². The van der Waals surface area contributed by atoms with Crippen LogP contribution in [-0.2, 0) is 11.2 Å². The van der Waals surface area contributed by atoms with E-state index in [0.29, 0.717) is 18.7 Å². The standard InChI is InChI=1S/C7H11N3O2/c1-12-7(11)6-5(2-3-8)9-4-10-6/h4H,2-3,8H2,1H3,(H,9,10). The van der Waals surface area contributed by atoms with E-state index in [9.17, 15) is 4.79 Å². The van der Waals surface area contributed by atoms with Gasteiger partial charge in [-0.1, -0.05) is 0 Å². The van der Waals surface area contributed by atoms with Crippen molar-refractivity contribution in [3.05, 3.63) is 17.7 Å². The van der Waals surface area contributed by atoms with Gasteiger partial charge in [-0.05, 0) is 6.54 Å². The molecule has 0 saturated carbocycles. The van der Waals surface area contributed by atoms with E-state index in [1.807, 2.05) is 0 Å². The monoisotopic (exact) mass is 169 g/mol. The molecule has 5 heteroatoms. The maximum Gasteiger partial charge on any atom is 0.358 e. The van der Waals surface area contributed by atoms with Crippen molar-refractivity contribution in [2.24, 2.45) is 5.73 Å². The number of methoxy groups -OCH3 is 1. The second-order valence-electron chi connectivity index (χ2n) is 2.26. The molecule has 0 fully saturated rings. The molecule has 0 saturated heterocycles. The molecule has 1 aromatic heterocycles. The topological polar surface area (TPSA) is 81.0 Å². The first-order valence-electron chi connectivity index (χ1n) is 3.60. The van der Waals surface area contributed by atoms with Crippen LogP contribution in [-0.4, -0.2) is 29.6 Å². The third-order valence-electron chi connectivity index (χ3n) is 1.49. The van der Waals surface area contributed by atoms with Crippen molar-refractivity contribution >= 4 is 5.97 Å². The summed E-state index contributed by atoms with van der Waals surface area (Å²) in [4.78, 5) is 17.7. The highest BCUT2D eigenvalue weighted by Crippen LogP contribution is 2.03. The Morgan fingerprint density at radius 3 is 3.17 bits per heavy atom. The number of nitrogens with zero attached hydrogens (tertiary/aromatic N) is 1. The minimum atomic E-state index is -0.431. The fourth-order valence-corrected chi connectivity index (χ4v) is 0.929. The van der Waals surface area contributed by atoms with Crippen LogP contribution >= 0.6 is 0 Å². The van der Waals surface area contributed by atoms with Gasteiger partial charge in [0.2, 0.25) is 0 Å². The molecule has 0 aliphatic heterocycles. The second-order valence-corrected chi connectivity index (χ2v) is 2.26. The van der Waals surface area contributed by atoms with E-state index in [0.717, 1.165) is 5.69 Å². The lowest BCUT2D eigenvalue weighted by Gasteiger charge is -1.97. The van der Waals surface area contributed by atoms with Crippen LogP contribution in [0.25, 0.3) is 0 Å². The first-order chi connectivity index (χ1) is 5.79. The molecule has 0 aliphatic carbocycles. The zero-order valence-corrected chi connectivity index (χ0v) is 6.83. The predicted octanol–water partition coefficient (Wildman–Crippen LogP) is -0.302. The van der Waals surface area contributed by atoms with Crippen LogP contribution in [0.3, 0.4) is 0 Å². The van der Waals surface area contributed by atoms with E-state index in [2.05, 4.69) is 14.7 Å². The van der Waals surface area contributed by atoms with Crippen molar-refractivity contribution in [2.45, 2.75) is 6.42 Å². The highest BCUT2D eigenvalue weighted by Gasteiger charge is 2.13. The van der Waals surface area contributed by atoms with Crippen LogP contribution in [0.5, 0.6) is 0 Å². The number of ether oxygens (including phenoxy) is 1. The van der Waals surface area contributed by atoms with Gasteiger partial charge in [-0.15, -0.1) is 0 Å². The van der Waals surface area contributed by atoms with Crippen molar-refractivity contribution in [1.29, 1.82) is 0 Å². The zero-order valence-electron chi connectivity index (χ0n) is 6.83. The Morgan fingerprint density at radius 2 is 2.58 bits per heavy atom. The van der Waals surface area contributed by atoms with Crippen molar-refractivity contribution in [2.75, 3.05) is 13.7 Å². The summed E-state index contributed by atoms with van der Waals surface area (Å²) >= 11 is 0. The molecule has 0 radical (unpaired) electrons. The SMILES string of the molecule is COC(=O)c1nc[nH]c1CCN. The van der Waals surface area contributed by atoms with Crippen molar-refractivity contribution in [1.82, 2.24) is 9.97 Å². The van der Waals surface area contributed by atoms with Crippen molar-refractivity contribution < 1.29 is 9.53 Å². The summed E-state index contributed by atoms with van der Waals surface area (Å²) < 4.78 is 4.52. The molecule has 12 heavy (non-hydrogen) atoms. The number of esters is 1. The zero-order chi connectivity index (χ0) is 8.97. The molecule has 5 nitrogen and oxygen atoms in total. The Hall–Kier alpha value is -1.36. The summed E-state index contributed by atoms with van der Waals surface area (Å²) in [6.45, 7) is 0.478. The summed E-state index contributed by atoms with van der Waals surface area (Å²) in [5, 5.41) is 0. The number of imidazole rings is 1. The molecule has 1 aromatic rings. The van der Waals surface area contributed by atoms with Gasteiger partial charge < -0.3 is 15.5 Å². The maximum atomic E-state index is 11.0. The molecular formula is C7H11N3O2. The lowest BCUT2D eigenvalue weighted by molar-refractivity contribution is 0.0593. The first kappa shape index (κ1) is 8.73. The third kappa shape index (κ3) is 1.62. The van der Waals surface area contributed by atoms with Crippen LogP contribution in [0.15, 0.2) is 6.33 Å². The Balaban J connectivity index is 2.83. The summed E-state index contributed by atoms with van der Waals surface area (Å²) in [7, 11) is 1.32. The minimum absolute atomic E-state index is 0.322. The molecule has 0 aliphatic rings. The Morgan fingerprint density at radius 1 is 1.83 bits per heavy atom. The number of nitrogens with two attached hydrogens (primary N) is 1. The average Bonchev–Trinajstić information content (AvgIpc) is 2.52. The number of H-pyrrole nitrogens is 1. The van der Waals surface area contributed by atoms with Gasteiger partial charge in [-0.2, -0.15) is 0 Å². The number of carbonyl (C=O) groups excluding carboxylic acids is 1. The van der Waals surface area contributed by atoms with Gasteiger partial charge in [0.15, 0.2) is 5.69 Å². The number of carbonyl (C=O) groups is 1. The highest BCUT2D eigenvalue weighted by atomic mass is 16.5. The molecule has 0 spiro atoms. The van der Waals surface area contributed by atoms with Gasteiger partial charge in [-0.3, -0.25) is 0 Å². The normalized spacial score (nSPS) is 9.83. The maximum absolute atomic E-state index is 11.0. The number of nitrogens with one attached hydrogen (secondary N) is 1. The number of aromatic amines is 1. The number of rotatable bonds is 3. The summed E-state index contributed by atoms with van der Waals surface area (Å²) in [6.07, 6.45) is 2.06. The Kier molecular flexibility index (Phi) is 2.82. The Bertz CT molecular complexity index is 269. The molecule has 66 valence electrons. The molecule has 0 amide bonds. The summed E-state index contributed by atoms with van der Waals surface area (Å²) in [5.41, 5.74) is 6.38. The molecular weight excluding hydrogens is 158 g/mol. The number of aromatic nitrogens is 2. The van der Waals surface area contributed by atoms with Crippen molar-refractivity contribution in [3.8, 4) is 0 Å². The van der Waals surface area contributed by atoms with Gasteiger partial charge >= 0.3 is 5.97 Å². The highest BCUT2D eigenvalue weighted by molar-refractivity contribution is 5.88. The smallest absolute Gasteiger partial charge is 0.358 e. The summed E-state index contributed by atoms with van der Waals surface area (Å²) in [5.74, 6) is -0.431. The van der Waals surface area contributed by atoms with Crippen LogP contribution in [0.1, 0.15) is 16.2 Å². The van der Waals surface area contributed by atoms with Crippen LogP contribution in [0.2, 0.25) is 0 Å². The minimum Gasteiger partial charge on any atom is -0.464 e. The van der Waals surface area contributed by atoms with E-state index in [4.69, 9.17) is 5.73 Å². The van der Waals surface area contributed by atoms with Gasteiger partial charge in [0.05, 0.1) is 19.1 Å².